The minimum absolute atomic E-state index is 0.0227. The Balaban J connectivity index is 0.794. The number of aromatic nitrogens is 3. The minimum atomic E-state index is -1.04. The lowest BCUT2D eigenvalue weighted by Gasteiger charge is -2.34. The molecule has 0 bridgehead atoms. The topological polar surface area (TPSA) is 262 Å². The van der Waals surface area contributed by atoms with Crippen molar-refractivity contribution in [2.24, 2.45) is 11.7 Å². The second-order valence-electron chi connectivity index (χ2n) is 20.1. The molecule has 2 aromatic heterocycles. The molecule has 2 atom stereocenters. The molecule has 2 aliphatic rings. The van der Waals surface area contributed by atoms with Crippen molar-refractivity contribution in [1.29, 1.82) is 0 Å². The zero-order chi connectivity index (χ0) is 55.1. The summed E-state index contributed by atoms with van der Waals surface area (Å²) in [5.74, 6) is 0.116. The first-order valence-corrected chi connectivity index (χ1v) is 26.8. The number of nitrogen functional groups attached to an aromatic ring is 1. The van der Waals surface area contributed by atoms with Gasteiger partial charge in [0.2, 0.25) is 17.8 Å². The molecule has 1 aliphatic heterocycles. The van der Waals surface area contributed by atoms with E-state index in [1.54, 1.807) is 50.1 Å². The fourth-order valence-electron chi connectivity index (χ4n) is 10.0. The number of piperazine rings is 1. The van der Waals surface area contributed by atoms with E-state index >= 15 is 0 Å². The molecule has 20 heteroatoms. The predicted molar refractivity (Wildman–Crippen MR) is 300 cm³/mol. The molecular weight excluding hydrogens is 993 g/mol. The maximum Gasteiger partial charge on any atom is 0.410 e. The molecule has 0 unspecified atom stereocenters. The van der Waals surface area contributed by atoms with Crippen molar-refractivity contribution >= 4 is 58.5 Å². The molecule has 1 saturated heterocycles. The second-order valence-corrected chi connectivity index (χ2v) is 20.1. The molecule has 6 aromatic rings. The number of hydrogen-bond acceptors (Lipinski definition) is 13. The van der Waals surface area contributed by atoms with Gasteiger partial charge in [-0.05, 0) is 82.8 Å². The Labute approximate surface area is 455 Å². The fraction of sp³-hybridized carbons (Fsp3) is 0.397. The van der Waals surface area contributed by atoms with E-state index in [1.165, 1.54) is 0 Å². The number of nitrogens with zero attached hydrogens (tertiary/aromatic N) is 5. The molecule has 4 aromatic carbocycles. The van der Waals surface area contributed by atoms with E-state index in [2.05, 4.69) is 71.1 Å². The Hall–Kier alpha value is -8.39. The van der Waals surface area contributed by atoms with Crippen molar-refractivity contribution in [1.82, 2.24) is 40.3 Å². The zero-order valence-electron chi connectivity index (χ0n) is 44.9. The number of alkyl carbamates (subject to hydrolysis) is 1. The van der Waals surface area contributed by atoms with Gasteiger partial charge in [-0.15, -0.1) is 0 Å². The van der Waals surface area contributed by atoms with Crippen molar-refractivity contribution in [2.75, 3.05) is 69.4 Å². The molecule has 3 heterocycles. The number of carbonyl (C=O) groups excluding carboxylic acids is 5. The number of nitrogens with two attached hydrogens (primary N) is 2. The van der Waals surface area contributed by atoms with Gasteiger partial charge >= 0.3 is 18.2 Å². The third kappa shape index (κ3) is 14.3. The summed E-state index contributed by atoms with van der Waals surface area (Å²) in [4.78, 5) is 78.5. The zero-order valence-corrected chi connectivity index (χ0v) is 44.9. The summed E-state index contributed by atoms with van der Waals surface area (Å²) in [6.07, 6.45) is 4.58. The Morgan fingerprint density at radius 1 is 0.769 bits per heavy atom. The first kappa shape index (κ1) is 55.8. The first-order chi connectivity index (χ1) is 37.8. The van der Waals surface area contributed by atoms with Crippen LogP contribution in [0.15, 0.2) is 103 Å². The number of nitrogens with one attached hydrogen (secondary N) is 5. The smallest absolute Gasteiger partial charge is 0.410 e. The van der Waals surface area contributed by atoms with Crippen LogP contribution in [0.25, 0.3) is 22.2 Å². The maximum atomic E-state index is 13.8. The van der Waals surface area contributed by atoms with Crippen LogP contribution in [-0.2, 0) is 38.8 Å². The van der Waals surface area contributed by atoms with Gasteiger partial charge in [0.1, 0.15) is 36.6 Å². The molecule has 20 nitrogen and oxygen atoms in total. The van der Waals surface area contributed by atoms with Gasteiger partial charge in [-0.3, -0.25) is 14.5 Å². The highest BCUT2D eigenvalue weighted by atomic mass is 16.6. The number of methoxy groups -OCH3 is 1. The number of anilines is 3. The van der Waals surface area contributed by atoms with Crippen LogP contribution in [0, 0.1) is 5.92 Å². The Bertz CT molecular complexity index is 3000. The lowest BCUT2D eigenvalue weighted by atomic mass is 9.98. The fourth-order valence-corrected chi connectivity index (χ4v) is 10.0. The summed E-state index contributed by atoms with van der Waals surface area (Å²) in [6, 6.07) is 28.3. The normalized spacial score (nSPS) is 14.0. The van der Waals surface area contributed by atoms with Gasteiger partial charge in [0.25, 0.3) is 0 Å². The summed E-state index contributed by atoms with van der Waals surface area (Å²) < 4.78 is 19.4. The predicted octanol–water partition coefficient (Wildman–Crippen LogP) is 7.56. The molecule has 8 rings (SSSR count). The number of amides is 6. The lowest BCUT2D eigenvalue weighted by Crippen LogP contribution is -2.54. The lowest BCUT2D eigenvalue weighted by molar-refractivity contribution is -0.128. The molecule has 0 saturated carbocycles. The van der Waals surface area contributed by atoms with Gasteiger partial charge in [0.05, 0.1) is 19.2 Å². The van der Waals surface area contributed by atoms with E-state index in [0.717, 1.165) is 81.8 Å². The van der Waals surface area contributed by atoms with E-state index < -0.39 is 42.1 Å². The largest absolute Gasteiger partial charge is 0.496 e. The van der Waals surface area contributed by atoms with Crippen molar-refractivity contribution in [3.63, 3.8) is 0 Å². The van der Waals surface area contributed by atoms with Gasteiger partial charge in [-0.2, -0.15) is 4.98 Å². The van der Waals surface area contributed by atoms with Crippen LogP contribution in [0.5, 0.6) is 5.75 Å². The van der Waals surface area contributed by atoms with Crippen LogP contribution in [0.4, 0.5) is 31.8 Å². The van der Waals surface area contributed by atoms with Crippen LogP contribution < -0.4 is 42.8 Å². The monoisotopic (exact) mass is 1060 g/mol. The van der Waals surface area contributed by atoms with Crippen molar-refractivity contribution < 1.29 is 38.2 Å². The number of carbonyl (C=O) groups is 5. The number of fused-ring (bicyclic) bond motifs is 4. The summed E-state index contributed by atoms with van der Waals surface area (Å²) >= 11 is 0. The number of hydrogen-bond donors (Lipinski definition) is 7. The van der Waals surface area contributed by atoms with E-state index in [4.69, 9.17) is 25.7 Å². The third-order valence-electron chi connectivity index (χ3n) is 14.2. The number of urea groups is 1. The maximum absolute atomic E-state index is 13.8. The first-order valence-electron chi connectivity index (χ1n) is 26.8. The third-order valence-corrected chi connectivity index (χ3v) is 14.2. The number of rotatable bonds is 24. The molecule has 6 amide bonds. The van der Waals surface area contributed by atoms with E-state index in [9.17, 15) is 24.0 Å². The van der Waals surface area contributed by atoms with Crippen molar-refractivity contribution in [2.45, 2.75) is 90.6 Å². The number of ether oxygens (including phenoxy) is 3. The number of primary amides is 1. The quantitative estimate of drug-likeness (QED) is 0.0289. The molecule has 0 radical (unpaired) electrons. The summed E-state index contributed by atoms with van der Waals surface area (Å²) in [5.41, 5.74) is 20.5. The highest BCUT2D eigenvalue weighted by Crippen LogP contribution is 2.44. The van der Waals surface area contributed by atoms with E-state index in [1.807, 2.05) is 60.8 Å². The molecule has 78 heavy (non-hydrogen) atoms. The standard InChI is InChI=1S/C58H72N12O8/c1-5-6-11-25-61-52-51-47(65-55(59)67-52)24-27-70(51)34-40-21-18-39(32-49(40)76-4)33-68-28-30-69(31-29-68)58(75)78-35-38-19-22-41(23-20-38)63-53(71)48(17-12-26-62-56(60)73)64-54(72)50(37(2)3)66-57(74)77-36-46-44-15-9-7-13-42(44)43-14-8-10-16-45(43)46/h7-10,13-16,18-24,27,32,37,46,48,50H,5-6,11-12,17,25-26,28-31,33-36H2,1-4H3,(H,63,71)(H,64,72)(H,66,74)(H3,60,62,73)(H3,59,61,65,67)/t48-,50-/m0/s1. The number of benzene rings is 4. The highest BCUT2D eigenvalue weighted by Gasteiger charge is 2.32. The molecule has 9 N–H and O–H groups in total. The van der Waals surface area contributed by atoms with Crippen LogP contribution >= 0.6 is 0 Å². The van der Waals surface area contributed by atoms with Crippen LogP contribution in [-0.4, -0.2) is 119 Å². The molecule has 412 valence electrons. The van der Waals surface area contributed by atoms with Crippen LogP contribution in [0.3, 0.4) is 0 Å². The molecule has 0 spiro atoms. The van der Waals surface area contributed by atoms with Gasteiger partial charge in [0.15, 0.2) is 5.82 Å². The van der Waals surface area contributed by atoms with Crippen LogP contribution in [0.1, 0.15) is 86.6 Å². The molecule has 1 fully saturated rings. The SMILES string of the molecule is CCCCCNc1nc(N)nc2ccn(Cc3ccc(CN4CCN(C(=O)OCc5ccc(NC(=O)[C@H](CCCNC(N)=O)NC(=O)[C@@H](NC(=O)OCC6c7ccccc7-c7ccccc76)C(C)C)cc5)CC4)cc3OC)c12. The van der Waals surface area contributed by atoms with Gasteiger partial charge in [-0.1, -0.05) is 106 Å². The van der Waals surface area contributed by atoms with E-state index in [-0.39, 0.29) is 44.0 Å². The molecule has 1 aliphatic carbocycles. The van der Waals surface area contributed by atoms with Crippen molar-refractivity contribution in [3.8, 4) is 16.9 Å². The minimum Gasteiger partial charge on any atom is -0.496 e. The Morgan fingerprint density at radius 2 is 1.47 bits per heavy atom. The Morgan fingerprint density at radius 3 is 2.15 bits per heavy atom. The van der Waals surface area contributed by atoms with Gasteiger partial charge in [0, 0.05) is 69.2 Å². The molecular formula is C58H72N12O8. The highest BCUT2D eigenvalue weighted by molar-refractivity contribution is 5.98. The summed E-state index contributed by atoms with van der Waals surface area (Å²) in [5, 5.41) is 14.3. The second kappa shape index (κ2) is 26.6. The average molecular weight is 1070 g/mol. The van der Waals surface area contributed by atoms with Gasteiger partial charge < -0.3 is 61.7 Å². The summed E-state index contributed by atoms with van der Waals surface area (Å²) in [6.45, 7) is 10.4. The van der Waals surface area contributed by atoms with E-state index in [0.29, 0.717) is 56.9 Å². The van der Waals surface area contributed by atoms with Crippen LogP contribution in [0.2, 0.25) is 0 Å². The number of unbranched alkanes of at least 4 members (excludes halogenated alkanes) is 2. The summed E-state index contributed by atoms with van der Waals surface area (Å²) in [7, 11) is 1.68. The Kier molecular flexibility index (Phi) is 19.0. The van der Waals surface area contributed by atoms with Crippen molar-refractivity contribution in [3.05, 3.63) is 131 Å². The average Bonchev–Trinajstić information content (AvgIpc) is 4.03. The van der Waals surface area contributed by atoms with Gasteiger partial charge in [-0.25, -0.2) is 19.4 Å².